The summed E-state index contributed by atoms with van der Waals surface area (Å²) in [6.07, 6.45) is -0.886. The highest BCUT2D eigenvalue weighted by atomic mass is 16.5. The van der Waals surface area contributed by atoms with Crippen LogP contribution in [-0.4, -0.2) is 44.2 Å². The molecule has 1 saturated heterocycles. The van der Waals surface area contributed by atoms with Gasteiger partial charge in [-0.15, -0.1) is 0 Å². The van der Waals surface area contributed by atoms with Gasteiger partial charge in [0.2, 0.25) is 12.0 Å². The summed E-state index contributed by atoms with van der Waals surface area (Å²) in [5.74, 6) is 1.40. The quantitative estimate of drug-likeness (QED) is 0.271. The first-order chi connectivity index (χ1) is 19.6. The van der Waals surface area contributed by atoms with E-state index in [1.807, 2.05) is 72.8 Å². The maximum absolute atomic E-state index is 13.8. The number of nitrogens with one attached hydrogen (secondary N) is 2. The van der Waals surface area contributed by atoms with Crippen LogP contribution in [0.25, 0.3) is 0 Å². The Labute approximate surface area is 233 Å². The Balaban J connectivity index is 1.49. The molecule has 8 heteroatoms. The van der Waals surface area contributed by atoms with Gasteiger partial charge in [0.1, 0.15) is 29.3 Å². The van der Waals surface area contributed by atoms with Crippen molar-refractivity contribution in [3.63, 3.8) is 0 Å². The third kappa shape index (κ3) is 5.86. The molecule has 0 unspecified atom stereocenters. The van der Waals surface area contributed by atoms with Gasteiger partial charge in [0.15, 0.2) is 0 Å². The van der Waals surface area contributed by atoms with Crippen molar-refractivity contribution < 1.29 is 23.8 Å². The Hall–Kier alpha value is -4.98. The number of hydrogen-bond donors (Lipinski definition) is 2. The molecule has 0 spiro atoms. The number of ether oxygens (including phenoxy) is 3. The molecule has 40 heavy (non-hydrogen) atoms. The summed E-state index contributed by atoms with van der Waals surface area (Å²) < 4.78 is 16.8. The third-order valence-corrected chi connectivity index (χ3v) is 6.79. The average Bonchev–Trinajstić information content (AvgIpc) is 3.01. The second-order valence-electron chi connectivity index (χ2n) is 9.30. The van der Waals surface area contributed by atoms with Crippen LogP contribution in [0.4, 0.5) is 11.4 Å². The average molecular weight is 538 g/mol. The molecule has 1 fully saturated rings. The molecular weight excluding hydrogens is 506 g/mol. The van der Waals surface area contributed by atoms with Gasteiger partial charge in [-0.3, -0.25) is 14.5 Å². The summed E-state index contributed by atoms with van der Waals surface area (Å²) in [7, 11) is 3.18. The first-order valence-electron chi connectivity index (χ1n) is 13.0. The van der Waals surface area contributed by atoms with E-state index in [2.05, 4.69) is 10.6 Å². The summed E-state index contributed by atoms with van der Waals surface area (Å²) in [6, 6.07) is 31.8. The summed E-state index contributed by atoms with van der Waals surface area (Å²) >= 11 is 0. The lowest BCUT2D eigenvalue weighted by atomic mass is 9.88. The van der Waals surface area contributed by atoms with Crippen LogP contribution in [0.3, 0.4) is 0 Å². The van der Waals surface area contributed by atoms with Crippen molar-refractivity contribution in [1.29, 1.82) is 0 Å². The molecule has 2 amide bonds. The molecule has 8 nitrogen and oxygen atoms in total. The fourth-order valence-corrected chi connectivity index (χ4v) is 4.68. The van der Waals surface area contributed by atoms with E-state index in [1.165, 1.54) is 0 Å². The number of rotatable bonds is 11. The van der Waals surface area contributed by atoms with Crippen molar-refractivity contribution in [3.05, 3.63) is 115 Å². The van der Waals surface area contributed by atoms with Gasteiger partial charge in [-0.05, 0) is 66.2 Å². The molecule has 0 bridgehead atoms. The monoisotopic (exact) mass is 537 g/mol. The number of amides is 2. The Kier molecular flexibility index (Phi) is 8.15. The standard InChI is InChI=1S/C32H31N3O5/c1-38-25-17-13-23(14-18-25)34-28(31(36)33-21-22-9-5-3-6-10-22)29-30(40-27-11-7-4-8-12-27)32(37)35(29)24-15-19-26(39-2)20-16-24/h3-20,28-30,34H,21H2,1-2H3,(H,33,36)/t28-,29+,30-/m1/s1. The molecule has 5 rings (SSSR count). The predicted octanol–water partition coefficient (Wildman–Crippen LogP) is 4.66. The molecule has 204 valence electrons. The van der Waals surface area contributed by atoms with Crippen LogP contribution in [-0.2, 0) is 16.1 Å². The van der Waals surface area contributed by atoms with Gasteiger partial charge in [0.05, 0.1) is 14.2 Å². The summed E-state index contributed by atoms with van der Waals surface area (Å²) in [4.78, 5) is 29.0. The van der Waals surface area contributed by atoms with Crippen LogP contribution in [0.2, 0.25) is 0 Å². The maximum atomic E-state index is 13.8. The molecule has 4 aromatic rings. The number of benzene rings is 4. The molecule has 4 aromatic carbocycles. The van der Waals surface area contributed by atoms with Crippen LogP contribution in [0.15, 0.2) is 109 Å². The van der Waals surface area contributed by atoms with Crippen molar-refractivity contribution in [2.24, 2.45) is 0 Å². The molecule has 1 aliphatic heterocycles. The van der Waals surface area contributed by atoms with Crippen molar-refractivity contribution in [1.82, 2.24) is 5.32 Å². The summed E-state index contributed by atoms with van der Waals surface area (Å²) in [5.41, 5.74) is 2.31. The molecule has 0 saturated carbocycles. The van der Waals surface area contributed by atoms with Gasteiger partial charge >= 0.3 is 0 Å². The highest BCUT2D eigenvalue weighted by Crippen LogP contribution is 2.35. The van der Waals surface area contributed by atoms with E-state index < -0.39 is 18.2 Å². The van der Waals surface area contributed by atoms with Crippen molar-refractivity contribution >= 4 is 23.2 Å². The first-order valence-corrected chi connectivity index (χ1v) is 13.0. The van der Waals surface area contributed by atoms with E-state index in [1.54, 1.807) is 55.5 Å². The summed E-state index contributed by atoms with van der Waals surface area (Å²) in [6.45, 7) is 0.341. The van der Waals surface area contributed by atoms with E-state index in [9.17, 15) is 9.59 Å². The normalized spacial score (nSPS) is 16.9. The van der Waals surface area contributed by atoms with Crippen molar-refractivity contribution in [3.8, 4) is 17.2 Å². The minimum atomic E-state index is -0.886. The molecular formula is C32H31N3O5. The molecule has 2 N–H and O–H groups in total. The zero-order valence-corrected chi connectivity index (χ0v) is 22.3. The van der Waals surface area contributed by atoms with Crippen molar-refractivity contribution in [2.75, 3.05) is 24.4 Å². The van der Waals surface area contributed by atoms with E-state index in [0.29, 0.717) is 35.2 Å². The number of nitrogens with zero attached hydrogens (tertiary/aromatic N) is 1. The third-order valence-electron chi connectivity index (χ3n) is 6.79. The highest BCUT2D eigenvalue weighted by Gasteiger charge is 2.56. The Morgan fingerprint density at radius 3 is 1.95 bits per heavy atom. The zero-order chi connectivity index (χ0) is 27.9. The smallest absolute Gasteiger partial charge is 0.270 e. The highest BCUT2D eigenvalue weighted by molar-refractivity contribution is 6.07. The van der Waals surface area contributed by atoms with E-state index >= 15 is 0 Å². The van der Waals surface area contributed by atoms with Gasteiger partial charge in [-0.25, -0.2) is 0 Å². The van der Waals surface area contributed by atoms with Crippen LogP contribution in [0, 0.1) is 0 Å². The number of carbonyl (C=O) groups excluding carboxylic acids is 2. The lowest BCUT2D eigenvalue weighted by Crippen LogP contribution is -2.74. The number of hydrogen-bond acceptors (Lipinski definition) is 6. The molecule has 0 radical (unpaired) electrons. The fourth-order valence-electron chi connectivity index (χ4n) is 4.68. The van der Waals surface area contributed by atoms with Crippen LogP contribution in [0.1, 0.15) is 5.56 Å². The molecule has 3 atom stereocenters. The Morgan fingerprint density at radius 1 is 0.775 bits per heavy atom. The van der Waals surface area contributed by atoms with Gasteiger partial charge < -0.3 is 24.8 Å². The second-order valence-corrected chi connectivity index (χ2v) is 9.30. The molecule has 0 aliphatic carbocycles. The number of β-lactam (4-membered cyclic amide) rings is 1. The van der Waals surface area contributed by atoms with Gasteiger partial charge in [0.25, 0.3) is 5.91 Å². The lowest BCUT2D eigenvalue weighted by molar-refractivity contribution is -0.137. The van der Waals surface area contributed by atoms with E-state index in [0.717, 1.165) is 5.56 Å². The second kappa shape index (κ2) is 12.3. The van der Waals surface area contributed by atoms with E-state index in [4.69, 9.17) is 14.2 Å². The molecule has 0 aromatic heterocycles. The number of anilines is 2. The van der Waals surface area contributed by atoms with Crippen molar-refractivity contribution in [2.45, 2.75) is 24.7 Å². The molecule has 1 aliphatic rings. The largest absolute Gasteiger partial charge is 0.497 e. The first kappa shape index (κ1) is 26.6. The van der Waals surface area contributed by atoms with Gasteiger partial charge in [0, 0.05) is 17.9 Å². The lowest BCUT2D eigenvalue weighted by Gasteiger charge is -2.49. The minimum Gasteiger partial charge on any atom is -0.497 e. The number of carbonyl (C=O) groups is 2. The topological polar surface area (TPSA) is 89.1 Å². The van der Waals surface area contributed by atoms with E-state index in [-0.39, 0.29) is 11.8 Å². The Morgan fingerprint density at radius 2 is 1.35 bits per heavy atom. The summed E-state index contributed by atoms with van der Waals surface area (Å²) in [5, 5.41) is 6.40. The zero-order valence-electron chi connectivity index (χ0n) is 22.3. The fraction of sp³-hybridized carbons (Fsp3) is 0.188. The maximum Gasteiger partial charge on any atom is 0.270 e. The minimum absolute atomic E-state index is 0.239. The Bertz CT molecular complexity index is 1410. The van der Waals surface area contributed by atoms with Gasteiger partial charge in [-0.2, -0.15) is 0 Å². The number of para-hydroxylation sites is 1. The predicted molar refractivity (Wildman–Crippen MR) is 154 cm³/mol. The van der Waals surface area contributed by atoms with Crippen LogP contribution >= 0.6 is 0 Å². The SMILES string of the molecule is COc1ccc(N[C@@H](C(=O)NCc2ccccc2)[C@H]2[C@@H](Oc3ccccc3)C(=O)N2c2ccc(OC)cc2)cc1. The van der Waals surface area contributed by atoms with Crippen LogP contribution in [0.5, 0.6) is 17.2 Å². The van der Waals surface area contributed by atoms with Gasteiger partial charge in [-0.1, -0.05) is 48.5 Å². The number of methoxy groups -OCH3 is 2. The molecule has 1 heterocycles. The van der Waals surface area contributed by atoms with Crippen LogP contribution < -0.4 is 29.7 Å².